The summed E-state index contributed by atoms with van der Waals surface area (Å²) in [5, 5.41) is 10.9. The first-order valence-electron chi connectivity index (χ1n) is 8.92. The topological polar surface area (TPSA) is 107 Å². The van der Waals surface area contributed by atoms with Crippen molar-refractivity contribution in [2.45, 2.75) is 0 Å². The van der Waals surface area contributed by atoms with Crippen LogP contribution < -0.4 is 24.4 Å². The highest BCUT2D eigenvalue weighted by Gasteiger charge is 2.13. The van der Waals surface area contributed by atoms with Gasteiger partial charge in [0.15, 0.2) is 0 Å². The number of hydrogen-bond acceptors (Lipinski definition) is 7. The molecule has 1 aromatic heterocycles. The highest BCUT2D eigenvalue weighted by Crippen LogP contribution is 2.32. The number of aromatic nitrogens is 2. The Balaban J connectivity index is 1.73. The number of H-pyrrole nitrogens is 1. The fraction of sp³-hybridized carbons (Fsp3) is 0.190. The number of hydrogen-bond donors (Lipinski definition) is 2. The second kappa shape index (κ2) is 9.46. The summed E-state index contributed by atoms with van der Waals surface area (Å²) in [6.45, 7) is 0. The van der Waals surface area contributed by atoms with E-state index in [9.17, 15) is 4.79 Å². The summed E-state index contributed by atoms with van der Waals surface area (Å²) < 4.78 is 21.1. The zero-order chi connectivity index (χ0) is 21.5. The van der Waals surface area contributed by atoms with Gasteiger partial charge in [-0.1, -0.05) is 0 Å². The summed E-state index contributed by atoms with van der Waals surface area (Å²) >= 11 is 0. The number of carbonyl (C=O) groups excluding carboxylic acids is 1. The fourth-order valence-corrected chi connectivity index (χ4v) is 2.72. The molecule has 3 aromatic rings. The van der Waals surface area contributed by atoms with Gasteiger partial charge >= 0.3 is 0 Å². The fourth-order valence-electron chi connectivity index (χ4n) is 2.72. The van der Waals surface area contributed by atoms with Gasteiger partial charge in [0.1, 0.15) is 28.7 Å². The minimum atomic E-state index is -0.440. The number of methoxy groups -OCH3 is 4. The van der Waals surface area contributed by atoms with Crippen molar-refractivity contribution in [3.63, 3.8) is 0 Å². The zero-order valence-electron chi connectivity index (χ0n) is 17.1. The van der Waals surface area contributed by atoms with Gasteiger partial charge in [0.25, 0.3) is 5.91 Å². The van der Waals surface area contributed by atoms with Crippen molar-refractivity contribution in [2.75, 3.05) is 28.4 Å². The van der Waals surface area contributed by atoms with E-state index in [1.54, 1.807) is 32.4 Å². The van der Waals surface area contributed by atoms with E-state index < -0.39 is 5.91 Å². The van der Waals surface area contributed by atoms with Crippen LogP contribution in [0.1, 0.15) is 16.1 Å². The lowest BCUT2D eigenvalue weighted by Crippen LogP contribution is -2.18. The average Bonchev–Trinajstić information content (AvgIpc) is 3.29. The molecule has 0 aliphatic carbocycles. The van der Waals surface area contributed by atoms with Gasteiger partial charge in [-0.15, -0.1) is 0 Å². The lowest BCUT2D eigenvalue weighted by atomic mass is 10.1. The monoisotopic (exact) mass is 410 g/mol. The number of benzene rings is 2. The number of nitrogens with one attached hydrogen (secondary N) is 2. The highest BCUT2D eigenvalue weighted by molar-refractivity contribution is 5.95. The lowest BCUT2D eigenvalue weighted by molar-refractivity contribution is 0.0950. The minimum Gasteiger partial charge on any atom is -0.497 e. The first-order chi connectivity index (χ1) is 14.6. The molecular weight excluding hydrogens is 388 g/mol. The smallest absolute Gasteiger partial charge is 0.289 e. The molecule has 0 unspecified atom stereocenters. The average molecular weight is 410 g/mol. The number of aromatic amines is 1. The number of carbonyl (C=O) groups is 1. The van der Waals surface area contributed by atoms with Crippen molar-refractivity contribution in [3.8, 4) is 34.3 Å². The maximum Gasteiger partial charge on any atom is 0.289 e. The van der Waals surface area contributed by atoms with Crippen LogP contribution in [0.15, 0.2) is 47.6 Å². The third-order valence-corrected chi connectivity index (χ3v) is 4.32. The maximum absolute atomic E-state index is 12.4. The Morgan fingerprint density at radius 2 is 1.57 bits per heavy atom. The first kappa shape index (κ1) is 20.7. The van der Waals surface area contributed by atoms with Gasteiger partial charge in [0, 0.05) is 17.7 Å². The van der Waals surface area contributed by atoms with E-state index >= 15 is 0 Å². The van der Waals surface area contributed by atoms with E-state index in [4.69, 9.17) is 18.9 Å². The van der Waals surface area contributed by atoms with Gasteiger partial charge < -0.3 is 18.9 Å². The van der Waals surface area contributed by atoms with Crippen LogP contribution in [-0.2, 0) is 0 Å². The molecule has 0 atom stereocenters. The second-order valence-corrected chi connectivity index (χ2v) is 6.04. The zero-order valence-corrected chi connectivity index (χ0v) is 17.1. The van der Waals surface area contributed by atoms with E-state index in [-0.39, 0.29) is 5.69 Å². The molecule has 9 heteroatoms. The summed E-state index contributed by atoms with van der Waals surface area (Å²) in [6, 6.07) is 12.4. The van der Waals surface area contributed by atoms with Crippen molar-refractivity contribution < 1.29 is 23.7 Å². The van der Waals surface area contributed by atoms with Crippen LogP contribution in [0.25, 0.3) is 11.3 Å². The minimum absolute atomic E-state index is 0.270. The summed E-state index contributed by atoms with van der Waals surface area (Å²) in [5.74, 6) is 1.87. The van der Waals surface area contributed by atoms with Crippen molar-refractivity contribution in [1.29, 1.82) is 0 Å². The number of hydrazone groups is 1. The van der Waals surface area contributed by atoms with Gasteiger partial charge in [-0.25, -0.2) is 5.43 Å². The summed E-state index contributed by atoms with van der Waals surface area (Å²) in [5.41, 5.74) is 4.77. The van der Waals surface area contributed by atoms with E-state index in [1.165, 1.54) is 20.4 Å². The number of nitrogens with zero attached hydrogens (tertiary/aromatic N) is 2. The molecule has 1 amide bonds. The van der Waals surface area contributed by atoms with Crippen LogP contribution in [0, 0.1) is 0 Å². The second-order valence-electron chi connectivity index (χ2n) is 6.04. The third-order valence-electron chi connectivity index (χ3n) is 4.32. The van der Waals surface area contributed by atoms with Crippen molar-refractivity contribution in [2.24, 2.45) is 5.10 Å². The van der Waals surface area contributed by atoms with Crippen LogP contribution in [0.5, 0.6) is 23.0 Å². The van der Waals surface area contributed by atoms with E-state index in [2.05, 4.69) is 20.7 Å². The molecule has 2 N–H and O–H groups in total. The van der Waals surface area contributed by atoms with Crippen LogP contribution in [0.2, 0.25) is 0 Å². The molecule has 0 spiro atoms. The quantitative estimate of drug-likeness (QED) is 0.437. The Kier molecular flexibility index (Phi) is 6.53. The first-order valence-corrected chi connectivity index (χ1v) is 8.92. The van der Waals surface area contributed by atoms with Gasteiger partial charge in [-0.3, -0.25) is 9.89 Å². The van der Waals surface area contributed by atoms with Crippen molar-refractivity contribution >= 4 is 12.1 Å². The molecule has 0 fully saturated rings. The van der Waals surface area contributed by atoms with E-state index in [1.807, 2.05) is 24.3 Å². The molecule has 0 saturated carbocycles. The molecule has 156 valence electrons. The maximum atomic E-state index is 12.4. The summed E-state index contributed by atoms with van der Waals surface area (Å²) in [4.78, 5) is 12.4. The van der Waals surface area contributed by atoms with Gasteiger partial charge in [-0.05, 0) is 30.3 Å². The van der Waals surface area contributed by atoms with Gasteiger partial charge in [-0.2, -0.15) is 10.2 Å². The SMILES string of the molecule is COc1ccc(-c2cc(C(=O)N/N=C\c3c(OC)cc(OC)cc3OC)[nH]n2)cc1. The van der Waals surface area contributed by atoms with Gasteiger partial charge in [0.2, 0.25) is 0 Å². The number of amides is 1. The Bertz CT molecular complexity index is 1020. The molecule has 1 heterocycles. The van der Waals surface area contributed by atoms with Crippen molar-refractivity contribution in [3.05, 3.63) is 53.7 Å². The molecule has 3 rings (SSSR count). The third kappa shape index (κ3) is 4.52. The highest BCUT2D eigenvalue weighted by atomic mass is 16.5. The normalized spacial score (nSPS) is 10.7. The molecule has 30 heavy (non-hydrogen) atoms. The Morgan fingerprint density at radius 3 is 2.13 bits per heavy atom. The molecular formula is C21H22N4O5. The Morgan fingerprint density at radius 1 is 0.933 bits per heavy atom. The predicted molar refractivity (Wildman–Crippen MR) is 112 cm³/mol. The molecule has 0 radical (unpaired) electrons. The molecule has 0 saturated heterocycles. The Labute approximate surface area is 173 Å². The number of rotatable bonds is 8. The molecule has 0 bridgehead atoms. The summed E-state index contributed by atoms with van der Waals surface area (Å²) in [7, 11) is 6.20. The van der Waals surface area contributed by atoms with E-state index in [0.29, 0.717) is 28.5 Å². The van der Waals surface area contributed by atoms with Crippen LogP contribution in [0.4, 0.5) is 0 Å². The van der Waals surface area contributed by atoms with Gasteiger partial charge in [0.05, 0.1) is 45.9 Å². The standard InChI is InChI=1S/C21H22N4O5/c1-27-14-7-5-13(6-8-14)17-11-18(24-23-17)21(26)25-22-12-16-19(29-3)9-15(28-2)10-20(16)30-4/h5-12H,1-4H3,(H,23,24)(H,25,26)/b22-12-. The van der Waals surface area contributed by atoms with Crippen LogP contribution in [-0.4, -0.2) is 50.8 Å². The Hall–Kier alpha value is -4.01. The molecule has 0 aliphatic heterocycles. The largest absolute Gasteiger partial charge is 0.497 e. The van der Waals surface area contributed by atoms with Crippen LogP contribution >= 0.6 is 0 Å². The molecule has 2 aromatic carbocycles. The van der Waals surface area contributed by atoms with Crippen molar-refractivity contribution in [1.82, 2.24) is 15.6 Å². The predicted octanol–water partition coefficient (Wildman–Crippen LogP) is 2.88. The molecule has 9 nitrogen and oxygen atoms in total. The lowest BCUT2D eigenvalue weighted by Gasteiger charge is -2.12. The number of ether oxygens (including phenoxy) is 4. The summed E-state index contributed by atoms with van der Waals surface area (Å²) in [6.07, 6.45) is 1.44. The molecule has 0 aliphatic rings. The van der Waals surface area contributed by atoms with Crippen LogP contribution in [0.3, 0.4) is 0 Å². The van der Waals surface area contributed by atoms with E-state index in [0.717, 1.165) is 11.3 Å².